The normalized spacial score (nSPS) is 16.8. The second kappa shape index (κ2) is 9.73. The first-order chi connectivity index (χ1) is 15.9. The summed E-state index contributed by atoms with van der Waals surface area (Å²) >= 11 is 0. The third-order valence-electron chi connectivity index (χ3n) is 5.21. The maximum Gasteiger partial charge on any atom is 0.416 e. The SMILES string of the molecule is N=Cc1c(N)ncnc1NC1CCCN(C(=O)CNc2cc(C(F)(F)F)cc(C(F)(F)F)c2)C1. The van der Waals surface area contributed by atoms with Gasteiger partial charge in [-0.25, -0.2) is 9.97 Å². The number of nitrogen functional groups attached to an aromatic ring is 1. The number of nitrogens with one attached hydrogen (secondary N) is 3. The number of rotatable bonds is 6. The van der Waals surface area contributed by atoms with Gasteiger partial charge in [-0.05, 0) is 31.0 Å². The van der Waals surface area contributed by atoms with Gasteiger partial charge in [0, 0.05) is 31.0 Å². The fourth-order valence-electron chi connectivity index (χ4n) is 3.53. The Kier molecular flexibility index (Phi) is 7.17. The summed E-state index contributed by atoms with van der Waals surface area (Å²) in [6.07, 6.45) is -6.46. The Balaban J connectivity index is 1.67. The van der Waals surface area contributed by atoms with Crippen LogP contribution in [0.4, 0.5) is 43.7 Å². The van der Waals surface area contributed by atoms with E-state index in [0.29, 0.717) is 37.3 Å². The summed E-state index contributed by atoms with van der Waals surface area (Å²) in [5, 5.41) is 12.9. The molecule has 184 valence electrons. The zero-order valence-corrected chi connectivity index (χ0v) is 17.6. The molecule has 2 aromatic rings. The first-order valence-electron chi connectivity index (χ1n) is 10.1. The van der Waals surface area contributed by atoms with Crippen molar-refractivity contribution in [2.75, 3.05) is 36.0 Å². The molecule has 1 aromatic carbocycles. The average molecular weight is 489 g/mol. The van der Waals surface area contributed by atoms with E-state index in [2.05, 4.69) is 20.6 Å². The van der Waals surface area contributed by atoms with Gasteiger partial charge in [0.05, 0.1) is 23.2 Å². The van der Waals surface area contributed by atoms with Gasteiger partial charge in [-0.2, -0.15) is 26.3 Å². The Morgan fingerprint density at radius 2 is 1.79 bits per heavy atom. The number of benzene rings is 1. The van der Waals surface area contributed by atoms with Crippen molar-refractivity contribution < 1.29 is 31.1 Å². The molecule has 3 rings (SSSR count). The lowest BCUT2D eigenvalue weighted by Gasteiger charge is -2.34. The minimum absolute atomic E-state index is 0.0241. The van der Waals surface area contributed by atoms with Crippen molar-refractivity contribution in [2.24, 2.45) is 0 Å². The second-order valence-electron chi connectivity index (χ2n) is 7.64. The number of hydrogen-bond donors (Lipinski definition) is 4. The Morgan fingerprint density at radius 3 is 2.38 bits per heavy atom. The molecule has 1 saturated heterocycles. The minimum atomic E-state index is -4.98. The first-order valence-corrected chi connectivity index (χ1v) is 10.1. The highest BCUT2D eigenvalue weighted by molar-refractivity contribution is 5.90. The quantitative estimate of drug-likeness (QED) is 0.364. The molecular weight excluding hydrogens is 468 g/mol. The summed E-state index contributed by atoms with van der Waals surface area (Å²) in [5.41, 5.74) is 2.62. The lowest BCUT2D eigenvalue weighted by molar-refractivity contribution is -0.143. The molecule has 5 N–H and O–H groups in total. The molecular formula is C20H21F6N7O. The molecule has 2 heterocycles. The van der Waals surface area contributed by atoms with Gasteiger partial charge in [-0.15, -0.1) is 0 Å². The summed E-state index contributed by atoms with van der Waals surface area (Å²) in [6.45, 7) is 0.105. The fourth-order valence-corrected chi connectivity index (χ4v) is 3.53. The van der Waals surface area contributed by atoms with Crippen LogP contribution in [0.25, 0.3) is 0 Å². The van der Waals surface area contributed by atoms with Crippen LogP contribution in [0.1, 0.15) is 29.5 Å². The Morgan fingerprint density at radius 1 is 1.15 bits per heavy atom. The number of nitrogens with zero attached hydrogens (tertiary/aromatic N) is 3. The molecule has 1 aromatic heterocycles. The predicted molar refractivity (Wildman–Crippen MR) is 112 cm³/mol. The van der Waals surface area contributed by atoms with E-state index >= 15 is 0 Å². The predicted octanol–water partition coefficient (Wildman–Crippen LogP) is 3.61. The van der Waals surface area contributed by atoms with Crippen LogP contribution in [0.2, 0.25) is 0 Å². The molecule has 0 bridgehead atoms. The Hall–Kier alpha value is -3.58. The molecule has 0 radical (unpaired) electrons. The maximum absolute atomic E-state index is 13.0. The number of carbonyl (C=O) groups is 1. The van der Waals surface area contributed by atoms with Crippen molar-refractivity contribution in [1.29, 1.82) is 5.41 Å². The molecule has 0 spiro atoms. The van der Waals surface area contributed by atoms with Crippen LogP contribution in [0, 0.1) is 5.41 Å². The zero-order valence-electron chi connectivity index (χ0n) is 17.6. The molecule has 14 heteroatoms. The zero-order chi connectivity index (χ0) is 25.1. The van der Waals surface area contributed by atoms with Crippen molar-refractivity contribution in [1.82, 2.24) is 14.9 Å². The highest BCUT2D eigenvalue weighted by Gasteiger charge is 2.37. The standard InChI is InChI=1S/C20H21F6N7O/c21-19(22,23)11-4-12(20(24,25)26)6-14(5-11)29-8-16(34)33-3-1-2-13(9-33)32-18-15(7-27)17(28)30-10-31-18/h4-7,10,13,27,29H,1-3,8-9H2,(H3,28,30,31,32). The van der Waals surface area contributed by atoms with Gasteiger partial charge in [0.25, 0.3) is 0 Å². The maximum atomic E-state index is 13.0. The third-order valence-corrected chi connectivity index (χ3v) is 5.21. The lowest BCUT2D eigenvalue weighted by Crippen LogP contribution is -2.47. The topological polar surface area (TPSA) is 120 Å². The lowest BCUT2D eigenvalue weighted by atomic mass is 10.1. The van der Waals surface area contributed by atoms with E-state index in [-0.39, 0.29) is 30.0 Å². The van der Waals surface area contributed by atoms with Gasteiger partial charge in [0.1, 0.15) is 18.0 Å². The number of amides is 1. The molecule has 1 aliphatic rings. The van der Waals surface area contributed by atoms with Crippen molar-refractivity contribution in [2.45, 2.75) is 31.2 Å². The molecule has 1 fully saturated rings. The Labute approximate surface area is 190 Å². The molecule has 0 aliphatic carbocycles. The molecule has 1 amide bonds. The number of alkyl halides is 6. The van der Waals surface area contributed by atoms with Crippen LogP contribution in [0.5, 0.6) is 0 Å². The van der Waals surface area contributed by atoms with E-state index in [1.165, 1.54) is 11.2 Å². The summed E-state index contributed by atoms with van der Waals surface area (Å²) in [6, 6.07) is 0.829. The monoisotopic (exact) mass is 489 g/mol. The summed E-state index contributed by atoms with van der Waals surface area (Å²) in [7, 11) is 0. The van der Waals surface area contributed by atoms with E-state index in [4.69, 9.17) is 11.1 Å². The first kappa shape index (κ1) is 25.1. The number of nitrogens with two attached hydrogens (primary N) is 1. The number of anilines is 3. The second-order valence-corrected chi connectivity index (χ2v) is 7.64. The fraction of sp³-hybridized carbons (Fsp3) is 0.400. The van der Waals surface area contributed by atoms with Crippen LogP contribution in [-0.2, 0) is 17.1 Å². The van der Waals surface area contributed by atoms with Crippen LogP contribution in [0.15, 0.2) is 24.5 Å². The number of carbonyl (C=O) groups excluding carboxylic acids is 1. The van der Waals surface area contributed by atoms with Gasteiger partial charge in [-0.1, -0.05) is 0 Å². The molecule has 34 heavy (non-hydrogen) atoms. The van der Waals surface area contributed by atoms with E-state index in [0.717, 1.165) is 6.21 Å². The van der Waals surface area contributed by atoms with E-state index in [1.807, 2.05) is 0 Å². The summed E-state index contributed by atoms with van der Waals surface area (Å²) < 4.78 is 78.1. The number of aromatic nitrogens is 2. The van der Waals surface area contributed by atoms with Crippen molar-refractivity contribution in [3.05, 3.63) is 41.2 Å². The molecule has 1 atom stereocenters. The number of hydrogen-bond acceptors (Lipinski definition) is 7. The van der Waals surface area contributed by atoms with Crippen LogP contribution in [-0.4, -0.2) is 52.7 Å². The largest absolute Gasteiger partial charge is 0.416 e. The van der Waals surface area contributed by atoms with Crippen molar-refractivity contribution in [3.8, 4) is 0 Å². The summed E-state index contributed by atoms with van der Waals surface area (Å²) in [5.74, 6) is -0.0599. The average Bonchev–Trinajstić information content (AvgIpc) is 2.76. The molecule has 1 unspecified atom stereocenters. The van der Waals surface area contributed by atoms with E-state index < -0.39 is 41.6 Å². The number of halogens is 6. The van der Waals surface area contributed by atoms with Crippen molar-refractivity contribution in [3.63, 3.8) is 0 Å². The molecule has 1 aliphatic heterocycles. The number of piperidine rings is 1. The van der Waals surface area contributed by atoms with Crippen LogP contribution >= 0.6 is 0 Å². The van der Waals surface area contributed by atoms with Gasteiger partial charge >= 0.3 is 12.4 Å². The third kappa shape index (κ3) is 6.05. The molecule has 0 saturated carbocycles. The van der Waals surface area contributed by atoms with Gasteiger partial charge in [0.15, 0.2) is 0 Å². The van der Waals surface area contributed by atoms with Crippen LogP contribution < -0.4 is 16.4 Å². The molecule has 8 nitrogen and oxygen atoms in total. The highest BCUT2D eigenvalue weighted by atomic mass is 19.4. The van der Waals surface area contributed by atoms with E-state index in [9.17, 15) is 31.1 Å². The van der Waals surface area contributed by atoms with Gasteiger partial charge in [-0.3, -0.25) is 4.79 Å². The van der Waals surface area contributed by atoms with Gasteiger partial charge < -0.3 is 26.7 Å². The highest BCUT2D eigenvalue weighted by Crippen LogP contribution is 2.37. The van der Waals surface area contributed by atoms with Gasteiger partial charge in [0.2, 0.25) is 5.91 Å². The van der Waals surface area contributed by atoms with Crippen LogP contribution in [0.3, 0.4) is 0 Å². The summed E-state index contributed by atoms with van der Waals surface area (Å²) in [4.78, 5) is 21.9. The van der Waals surface area contributed by atoms with E-state index in [1.54, 1.807) is 0 Å². The Bertz CT molecular complexity index is 1020. The smallest absolute Gasteiger partial charge is 0.383 e. The van der Waals surface area contributed by atoms with Crippen molar-refractivity contribution >= 4 is 29.4 Å². The number of likely N-dealkylation sites (tertiary alicyclic amines) is 1. The minimum Gasteiger partial charge on any atom is -0.383 e.